The number of esters is 1. The number of phenols is 1. The number of phenolic OH excluding ortho intramolecular Hbond substituents is 1. The highest BCUT2D eigenvalue weighted by Crippen LogP contribution is 2.41. The monoisotopic (exact) mass is 857 g/mol. The number of pyridine rings is 1. The predicted octanol–water partition coefficient (Wildman–Crippen LogP) is 6.09. The number of rotatable bonds is 12. The number of hydrogen-bond acceptors (Lipinski definition) is 9. The molecule has 6 bridgehead atoms. The van der Waals surface area contributed by atoms with E-state index in [2.05, 4.69) is 63.8 Å². The average molecular weight is 858 g/mol. The van der Waals surface area contributed by atoms with Crippen molar-refractivity contribution in [3.05, 3.63) is 71.5 Å². The Bertz CT molecular complexity index is 2220. The molecule has 14 nitrogen and oxygen atoms in total. The van der Waals surface area contributed by atoms with E-state index in [0.717, 1.165) is 44.4 Å². The van der Waals surface area contributed by atoms with Gasteiger partial charge in [0, 0.05) is 85.8 Å². The number of cyclic esters (lactones) is 1. The first-order chi connectivity index (χ1) is 29.2. The van der Waals surface area contributed by atoms with Crippen molar-refractivity contribution in [2.75, 3.05) is 39.2 Å². The number of aromatic hydroxyl groups is 1. The number of nitrogens with zero attached hydrogens (tertiary/aromatic N) is 3. The van der Waals surface area contributed by atoms with Crippen LogP contribution in [0, 0.1) is 17.3 Å². The number of urea groups is 1. The van der Waals surface area contributed by atoms with Crippen molar-refractivity contribution in [2.45, 2.75) is 92.0 Å². The second kappa shape index (κ2) is 20.1. The molecule has 4 heterocycles. The highest BCUT2D eigenvalue weighted by molar-refractivity contribution is 6.18. The average Bonchev–Trinajstić information content (AvgIpc) is 3.53. The summed E-state index contributed by atoms with van der Waals surface area (Å²) in [7, 11) is 1.68. The molecule has 2 aliphatic heterocycles. The van der Waals surface area contributed by atoms with Crippen LogP contribution in [0.25, 0.3) is 33.3 Å². The molecule has 2 aromatic heterocycles. The fourth-order valence-corrected chi connectivity index (χ4v) is 8.64. The summed E-state index contributed by atoms with van der Waals surface area (Å²) in [5, 5.41) is 22.1. The second-order valence-electron chi connectivity index (χ2n) is 17.2. The van der Waals surface area contributed by atoms with Crippen LogP contribution in [0.1, 0.15) is 70.6 Å². The van der Waals surface area contributed by atoms with Crippen LogP contribution in [0.15, 0.2) is 54.9 Å². The van der Waals surface area contributed by atoms with Gasteiger partial charge in [0.25, 0.3) is 5.91 Å². The Morgan fingerprint density at radius 1 is 1.10 bits per heavy atom. The van der Waals surface area contributed by atoms with Gasteiger partial charge in [-0.25, -0.2) is 10.2 Å². The third kappa shape index (κ3) is 10.8. The summed E-state index contributed by atoms with van der Waals surface area (Å²) in [6.45, 7) is 12.2. The van der Waals surface area contributed by atoms with Crippen molar-refractivity contribution in [1.29, 1.82) is 0 Å². The quantitative estimate of drug-likeness (QED) is 0.0834. The van der Waals surface area contributed by atoms with Crippen LogP contribution >= 0.6 is 11.6 Å². The van der Waals surface area contributed by atoms with Crippen molar-refractivity contribution >= 4 is 46.3 Å². The van der Waals surface area contributed by atoms with Crippen molar-refractivity contribution in [1.82, 2.24) is 35.9 Å². The molecule has 5 N–H and O–H groups in total. The minimum Gasteiger partial charge on any atom is -0.508 e. The molecule has 61 heavy (non-hydrogen) atoms. The number of hydrazine groups is 1. The van der Waals surface area contributed by atoms with Gasteiger partial charge in [-0.15, -0.1) is 11.6 Å². The molecule has 328 valence electrons. The molecular formula is C46H60ClN7O7. The van der Waals surface area contributed by atoms with Crippen LogP contribution in [0.5, 0.6) is 5.75 Å². The third-order valence-corrected chi connectivity index (χ3v) is 11.8. The Hall–Kier alpha value is -5.18. The number of carbonyl (C=O) groups excluding carboxylic acids is 4. The Labute approximate surface area is 363 Å². The topological polar surface area (TPSA) is 176 Å². The number of alkyl halides is 1. The maximum absolute atomic E-state index is 14.5. The molecule has 0 spiro atoms. The van der Waals surface area contributed by atoms with Crippen molar-refractivity contribution in [3.8, 4) is 28.1 Å². The van der Waals surface area contributed by atoms with Crippen molar-refractivity contribution < 1.29 is 33.8 Å². The third-order valence-electron chi connectivity index (χ3n) is 11.6. The van der Waals surface area contributed by atoms with E-state index < -0.39 is 35.3 Å². The Balaban J connectivity index is 1.44. The number of hydrogen-bond donors (Lipinski definition) is 5. The molecule has 0 unspecified atom stereocenters. The molecule has 4 aromatic rings. The SMILES string of the molecule is CCn1c(-c2cnccc2COC)c2c3cc(ccc31)-c1cc(O)cc(c1)C[C@H](NC(=O)[C@@H](CCNC(=O)NCCCl)C(C)C)C(=O)N1CCC[C@H](N1)C(=O)OCC(C)(C)C2. The van der Waals surface area contributed by atoms with Gasteiger partial charge >= 0.3 is 12.0 Å². The maximum atomic E-state index is 14.5. The fraction of sp³-hybridized carbons (Fsp3) is 0.500. The number of amides is 4. The number of aromatic nitrogens is 2. The standard InChI is InChI=1S/C46H60ClN7O7/c1-7-53-40-11-10-30-23-35(40)36(41(53)37-25-48-15-12-31(37)26-60-6)24-46(4,5)27-61-44(58)38-9-8-18-54(52-38)43(57)39(21-29-19-32(30)22-33(55)20-29)51-42(56)34(28(2)3)13-16-49-45(59)50-17-14-47/h10-12,15,19-20,22-23,25,28,34,38-39,52,55H,7-9,13-14,16-18,21,24,26-27H2,1-6H3,(H,51,56)(H2,49,50,59)/t34-,38-,39-/m0/s1. The number of methoxy groups -OCH3 is 1. The molecule has 0 aliphatic carbocycles. The zero-order valence-electron chi connectivity index (χ0n) is 36.1. The smallest absolute Gasteiger partial charge is 0.324 e. The largest absolute Gasteiger partial charge is 0.508 e. The summed E-state index contributed by atoms with van der Waals surface area (Å²) in [6.07, 6.45) is 5.62. The van der Waals surface area contributed by atoms with E-state index >= 15 is 0 Å². The normalized spacial score (nSPS) is 18.7. The molecule has 1 fully saturated rings. The number of nitrogens with one attached hydrogen (secondary N) is 4. The van der Waals surface area contributed by atoms with Gasteiger partial charge in [-0.2, -0.15) is 0 Å². The summed E-state index contributed by atoms with van der Waals surface area (Å²) in [4.78, 5) is 59.1. The number of halogens is 1. The second-order valence-corrected chi connectivity index (χ2v) is 17.6. The Morgan fingerprint density at radius 3 is 2.62 bits per heavy atom. The number of carbonyl (C=O) groups is 4. The molecule has 2 aliphatic rings. The number of ether oxygens (including phenoxy) is 2. The molecule has 1 saturated heterocycles. The van der Waals surface area contributed by atoms with Crippen LogP contribution in [-0.4, -0.2) is 94.8 Å². The molecule has 0 saturated carbocycles. The summed E-state index contributed by atoms with van der Waals surface area (Å²) in [6, 6.07) is 11.3. The first kappa shape index (κ1) is 45.3. The lowest BCUT2D eigenvalue weighted by atomic mass is 9.84. The number of aryl methyl sites for hydroxylation is 1. The summed E-state index contributed by atoms with van der Waals surface area (Å²) in [5.74, 6) is -1.57. The Kier molecular flexibility index (Phi) is 15.0. The lowest BCUT2D eigenvalue weighted by Crippen LogP contribution is -2.61. The molecule has 6 rings (SSSR count). The van der Waals surface area contributed by atoms with E-state index in [0.29, 0.717) is 57.5 Å². The summed E-state index contributed by atoms with van der Waals surface area (Å²) >= 11 is 5.70. The molecule has 15 heteroatoms. The van der Waals surface area contributed by atoms with Crippen LogP contribution in [0.2, 0.25) is 0 Å². The van der Waals surface area contributed by atoms with Crippen LogP contribution in [0.4, 0.5) is 4.79 Å². The lowest BCUT2D eigenvalue weighted by molar-refractivity contribution is -0.155. The first-order valence-corrected chi connectivity index (χ1v) is 21.8. The molecule has 2 aromatic carbocycles. The Morgan fingerprint density at radius 2 is 1.89 bits per heavy atom. The highest BCUT2D eigenvalue weighted by atomic mass is 35.5. The number of fused-ring (bicyclic) bond motifs is 6. The van der Waals surface area contributed by atoms with Gasteiger partial charge in [0.05, 0.1) is 18.9 Å². The van der Waals surface area contributed by atoms with E-state index in [1.54, 1.807) is 25.4 Å². The summed E-state index contributed by atoms with van der Waals surface area (Å²) < 4.78 is 14.0. The fourth-order valence-electron chi connectivity index (χ4n) is 8.54. The zero-order valence-corrected chi connectivity index (χ0v) is 36.9. The van der Waals surface area contributed by atoms with E-state index in [9.17, 15) is 24.3 Å². The van der Waals surface area contributed by atoms with Gasteiger partial charge in [-0.1, -0.05) is 39.8 Å². The lowest BCUT2D eigenvalue weighted by Gasteiger charge is -2.36. The van der Waals surface area contributed by atoms with Crippen molar-refractivity contribution in [2.24, 2.45) is 17.3 Å². The van der Waals surface area contributed by atoms with E-state index in [4.69, 9.17) is 21.1 Å². The summed E-state index contributed by atoms with van der Waals surface area (Å²) in [5.41, 5.74) is 9.92. The van der Waals surface area contributed by atoms with E-state index in [1.807, 2.05) is 38.2 Å². The number of benzene rings is 2. The van der Waals surface area contributed by atoms with Gasteiger partial charge in [-0.3, -0.25) is 24.4 Å². The van der Waals surface area contributed by atoms with Crippen molar-refractivity contribution in [3.63, 3.8) is 0 Å². The first-order valence-electron chi connectivity index (χ1n) is 21.3. The van der Waals surface area contributed by atoms with Gasteiger partial charge < -0.3 is 35.1 Å². The zero-order chi connectivity index (χ0) is 43.8. The van der Waals surface area contributed by atoms with Gasteiger partial charge in [0.15, 0.2) is 0 Å². The molecule has 3 atom stereocenters. The minimum atomic E-state index is -1.06. The van der Waals surface area contributed by atoms with E-state index in [1.165, 1.54) is 5.01 Å². The maximum Gasteiger partial charge on any atom is 0.324 e. The van der Waals surface area contributed by atoms with Crippen LogP contribution in [0.3, 0.4) is 0 Å². The van der Waals surface area contributed by atoms with Gasteiger partial charge in [-0.05, 0) is 96.7 Å². The molecule has 0 radical (unpaired) electrons. The van der Waals surface area contributed by atoms with Gasteiger partial charge in [0.1, 0.15) is 17.8 Å². The van der Waals surface area contributed by atoms with Crippen LogP contribution < -0.4 is 21.4 Å². The highest BCUT2D eigenvalue weighted by Gasteiger charge is 2.36. The molecule has 4 amide bonds. The molecular weight excluding hydrogens is 798 g/mol. The predicted molar refractivity (Wildman–Crippen MR) is 236 cm³/mol. The minimum absolute atomic E-state index is 0.0183. The van der Waals surface area contributed by atoms with Gasteiger partial charge in [0.2, 0.25) is 5.91 Å². The van der Waals surface area contributed by atoms with Crippen LogP contribution in [-0.2, 0) is 49.9 Å². The van der Waals surface area contributed by atoms with E-state index in [-0.39, 0.29) is 49.1 Å².